The minimum atomic E-state index is -0.162. The Kier molecular flexibility index (Phi) is 7.14. The quantitative estimate of drug-likeness (QED) is 0.772. The van der Waals surface area contributed by atoms with Crippen molar-refractivity contribution in [3.8, 4) is 11.5 Å². The van der Waals surface area contributed by atoms with Crippen LogP contribution in [0.25, 0.3) is 0 Å². The minimum absolute atomic E-state index is 0.0902. The van der Waals surface area contributed by atoms with Gasteiger partial charge >= 0.3 is 6.03 Å². The molecule has 0 aliphatic carbocycles. The average molecular weight is 342 g/mol. The van der Waals surface area contributed by atoms with Crippen molar-refractivity contribution in [2.45, 2.75) is 32.4 Å². The molecule has 134 valence electrons. The van der Waals surface area contributed by atoms with E-state index in [0.29, 0.717) is 6.54 Å². The van der Waals surface area contributed by atoms with Crippen molar-refractivity contribution >= 4 is 6.03 Å². The molecule has 2 aromatic carbocycles. The van der Waals surface area contributed by atoms with Crippen LogP contribution in [-0.4, -0.2) is 26.3 Å². The molecule has 2 rings (SSSR count). The van der Waals surface area contributed by atoms with Crippen LogP contribution in [0, 0.1) is 0 Å². The lowest BCUT2D eigenvalue weighted by Crippen LogP contribution is -2.40. The van der Waals surface area contributed by atoms with Crippen molar-refractivity contribution in [2.75, 3.05) is 14.2 Å². The highest BCUT2D eigenvalue weighted by molar-refractivity contribution is 5.74. The van der Waals surface area contributed by atoms with Crippen molar-refractivity contribution in [2.24, 2.45) is 0 Å². The molecule has 1 unspecified atom stereocenters. The Hall–Kier alpha value is -2.69. The van der Waals surface area contributed by atoms with Gasteiger partial charge in [0.25, 0.3) is 0 Å². The molecule has 5 nitrogen and oxygen atoms in total. The first-order valence-electron chi connectivity index (χ1n) is 8.41. The Labute approximate surface area is 149 Å². The van der Waals surface area contributed by atoms with Gasteiger partial charge in [-0.2, -0.15) is 0 Å². The number of urea groups is 1. The van der Waals surface area contributed by atoms with Gasteiger partial charge in [-0.25, -0.2) is 4.79 Å². The van der Waals surface area contributed by atoms with Crippen molar-refractivity contribution < 1.29 is 14.3 Å². The largest absolute Gasteiger partial charge is 0.497 e. The number of hydrogen-bond donors (Lipinski definition) is 2. The van der Waals surface area contributed by atoms with E-state index in [1.165, 1.54) is 5.56 Å². The highest BCUT2D eigenvalue weighted by atomic mass is 16.5. The number of methoxy groups -OCH3 is 2. The van der Waals surface area contributed by atoms with Gasteiger partial charge in [0.1, 0.15) is 11.5 Å². The predicted molar refractivity (Wildman–Crippen MR) is 99.1 cm³/mol. The molecule has 25 heavy (non-hydrogen) atoms. The molecule has 0 heterocycles. The second-order valence-corrected chi connectivity index (χ2v) is 5.97. The Balaban J connectivity index is 1.71. The number of nitrogens with one attached hydrogen (secondary N) is 2. The summed E-state index contributed by atoms with van der Waals surface area (Å²) < 4.78 is 10.3. The Morgan fingerprint density at radius 3 is 2.40 bits per heavy atom. The summed E-state index contributed by atoms with van der Waals surface area (Å²) >= 11 is 0. The van der Waals surface area contributed by atoms with Crippen molar-refractivity contribution in [3.63, 3.8) is 0 Å². The molecular weight excluding hydrogens is 316 g/mol. The van der Waals surface area contributed by atoms with Gasteiger partial charge in [0, 0.05) is 12.6 Å². The maximum absolute atomic E-state index is 12.0. The summed E-state index contributed by atoms with van der Waals surface area (Å²) in [6.45, 7) is 2.48. The standard InChI is InChI=1S/C20H26N2O3/c1-15(7-8-16-9-11-18(24-2)12-10-16)22-20(23)21-14-17-5-4-6-19(13-17)25-3/h4-6,9-13,15H,7-8,14H2,1-3H3,(H2,21,22,23). The molecule has 2 aromatic rings. The van der Waals surface area contributed by atoms with Crippen LogP contribution in [0.4, 0.5) is 4.79 Å². The summed E-state index contributed by atoms with van der Waals surface area (Å²) in [4.78, 5) is 12.0. The number of carbonyl (C=O) groups is 1. The zero-order valence-electron chi connectivity index (χ0n) is 15.0. The number of rotatable bonds is 8. The predicted octanol–water partition coefficient (Wildman–Crippen LogP) is 3.52. The number of carbonyl (C=O) groups excluding carboxylic acids is 1. The summed E-state index contributed by atoms with van der Waals surface area (Å²) in [5, 5.41) is 5.84. The topological polar surface area (TPSA) is 59.6 Å². The first kappa shape index (κ1) is 18.6. The maximum Gasteiger partial charge on any atom is 0.315 e. The van der Waals surface area contributed by atoms with Gasteiger partial charge < -0.3 is 20.1 Å². The molecule has 0 aliphatic rings. The van der Waals surface area contributed by atoms with Crippen LogP contribution in [-0.2, 0) is 13.0 Å². The van der Waals surface area contributed by atoms with E-state index in [2.05, 4.69) is 22.8 Å². The van der Waals surface area contributed by atoms with Crippen molar-refractivity contribution in [3.05, 3.63) is 59.7 Å². The Morgan fingerprint density at radius 1 is 1.00 bits per heavy atom. The fraction of sp³-hybridized carbons (Fsp3) is 0.350. The first-order chi connectivity index (χ1) is 12.1. The van der Waals surface area contributed by atoms with E-state index in [0.717, 1.165) is 29.9 Å². The van der Waals surface area contributed by atoms with Gasteiger partial charge in [0.15, 0.2) is 0 Å². The monoisotopic (exact) mass is 342 g/mol. The average Bonchev–Trinajstić information content (AvgIpc) is 2.65. The third kappa shape index (κ3) is 6.37. The third-order valence-corrected chi connectivity index (χ3v) is 3.99. The normalized spacial score (nSPS) is 11.5. The molecular formula is C20H26N2O3. The highest BCUT2D eigenvalue weighted by Crippen LogP contribution is 2.13. The molecule has 0 saturated carbocycles. The van der Waals surface area contributed by atoms with E-state index >= 15 is 0 Å². The van der Waals surface area contributed by atoms with Crippen molar-refractivity contribution in [1.82, 2.24) is 10.6 Å². The minimum Gasteiger partial charge on any atom is -0.497 e. The first-order valence-corrected chi connectivity index (χ1v) is 8.41. The lowest BCUT2D eigenvalue weighted by atomic mass is 10.1. The number of amides is 2. The second-order valence-electron chi connectivity index (χ2n) is 5.97. The molecule has 0 aromatic heterocycles. The van der Waals surface area contributed by atoms with E-state index in [1.54, 1.807) is 14.2 Å². The Bertz CT molecular complexity index is 671. The van der Waals surface area contributed by atoms with Gasteiger partial charge in [-0.1, -0.05) is 24.3 Å². The SMILES string of the molecule is COc1ccc(CCC(C)NC(=O)NCc2cccc(OC)c2)cc1. The highest BCUT2D eigenvalue weighted by Gasteiger charge is 2.07. The molecule has 1 atom stereocenters. The van der Waals surface area contributed by atoms with Gasteiger partial charge in [-0.05, 0) is 55.2 Å². The number of ether oxygens (including phenoxy) is 2. The zero-order chi connectivity index (χ0) is 18.1. The van der Waals surface area contributed by atoms with E-state index in [1.807, 2.05) is 43.3 Å². The van der Waals surface area contributed by atoms with Gasteiger partial charge in [0.05, 0.1) is 14.2 Å². The lowest BCUT2D eigenvalue weighted by Gasteiger charge is -2.15. The molecule has 0 spiro atoms. The summed E-state index contributed by atoms with van der Waals surface area (Å²) in [6.07, 6.45) is 1.78. The van der Waals surface area contributed by atoms with Crippen LogP contribution in [0.5, 0.6) is 11.5 Å². The van der Waals surface area contributed by atoms with E-state index in [-0.39, 0.29) is 12.1 Å². The van der Waals surface area contributed by atoms with Crippen LogP contribution < -0.4 is 20.1 Å². The molecule has 0 bridgehead atoms. The summed E-state index contributed by atoms with van der Waals surface area (Å²) in [7, 11) is 3.29. The number of benzene rings is 2. The number of hydrogen-bond acceptors (Lipinski definition) is 3. The second kappa shape index (κ2) is 9.57. The molecule has 0 fully saturated rings. The van der Waals surface area contributed by atoms with Gasteiger partial charge in [-0.3, -0.25) is 0 Å². The molecule has 0 saturated heterocycles. The van der Waals surface area contributed by atoms with E-state index in [9.17, 15) is 4.79 Å². The fourth-order valence-corrected chi connectivity index (χ4v) is 2.49. The summed E-state index contributed by atoms with van der Waals surface area (Å²) in [5.41, 5.74) is 2.23. The van der Waals surface area contributed by atoms with E-state index < -0.39 is 0 Å². The summed E-state index contributed by atoms with van der Waals surface area (Å²) in [5.74, 6) is 1.64. The lowest BCUT2D eigenvalue weighted by molar-refractivity contribution is 0.237. The van der Waals surface area contributed by atoms with Crippen molar-refractivity contribution in [1.29, 1.82) is 0 Å². The molecule has 0 aliphatic heterocycles. The fourth-order valence-electron chi connectivity index (χ4n) is 2.49. The molecule has 5 heteroatoms. The molecule has 0 radical (unpaired) electrons. The van der Waals surface area contributed by atoms with Crippen LogP contribution >= 0.6 is 0 Å². The Morgan fingerprint density at radius 2 is 1.72 bits per heavy atom. The third-order valence-electron chi connectivity index (χ3n) is 3.99. The van der Waals surface area contributed by atoms with Crippen LogP contribution in [0.1, 0.15) is 24.5 Å². The van der Waals surface area contributed by atoms with Crippen LogP contribution in [0.15, 0.2) is 48.5 Å². The van der Waals surface area contributed by atoms with Crippen LogP contribution in [0.3, 0.4) is 0 Å². The zero-order valence-corrected chi connectivity index (χ0v) is 15.0. The summed E-state index contributed by atoms with van der Waals surface area (Å²) in [6, 6.07) is 15.6. The van der Waals surface area contributed by atoms with Gasteiger partial charge in [-0.15, -0.1) is 0 Å². The molecule has 2 N–H and O–H groups in total. The number of aryl methyl sites for hydroxylation is 1. The molecule has 2 amide bonds. The van der Waals surface area contributed by atoms with Gasteiger partial charge in [0.2, 0.25) is 0 Å². The maximum atomic E-state index is 12.0. The smallest absolute Gasteiger partial charge is 0.315 e. The van der Waals surface area contributed by atoms with Crippen LogP contribution in [0.2, 0.25) is 0 Å². The van der Waals surface area contributed by atoms with E-state index in [4.69, 9.17) is 9.47 Å².